The highest BCUT2D eigenvalue weighted by Crippen LogP contribution is 2.33. The van der Waals surface area contributed by atoms with Crippen LogP contribution >= 0.6 is 0 Å². The Balaban J connectivity index is 1.27. The maximum absolute atomic E-state index is 14.2. The summed E-state index contributed by atoms with van der Waals surface area (Å²) in [5.41, 5.74) is 4.43. The van der Waals surface area contributed by atoms with Crippen molar-refractivity contribution in [1.82, 2.24) is 0 Å². The lowest BCUT2D eigenvalue weighted by Gasteiger charge is -2.14. The predicted octanol–water partition coefficient (Wildman–Crippen LogP) is 7.78. The van der Waals surface area contributed by atoms with Crippen LogP contribution in [0.25, 0.3) is 35.3 Å². The van der Waals surface area contributed by atoms with Crippen LogP contribution in [0.5, 0.6) is 5.75 Å². The number of hydrogen-bond acceptors (Lipinski definition) is 7. The summed E-state index contributed by atoms with van der Waals surface area (Å²) in [6, 6.07) is 18.6. The van der Waals surface area contributed by atoms with E-state index < -0.39 is 55.6 Å². The van der Waals surface area contributed by atoms with Crippen molar-refractivity contribution in [2.24, 2.45) is 0 Å². The lowest BCUT2D eigenvalue weighted by atomic mass is 10.0. The maximum atomic E-state index is 14.2. The zero-order valence-corrected chi connectivity index (χ0v) is 26.9. The van der Waals surface area contributed by atoms with Gasteiger partial charge in [0, 0.05) is 31.2 Å². The fraction of sp³-hybridized carbons (Fsp3) is 0.111. The first kappa shape index (κ1) is 34.8. The highest BCUT2D eigenvalue weighted by molar-refractivity contribution is 7.85. The fourth-order valence-corrected chi connectivity index (χ4v) is 5.61. The van der Waals surface area contributed by atoms with Gasteiger partial charge in [0.2, 0.25) is 17.4 Å². The van der Waals surface area contributed by atoms with Gasteiger partial charge in [-0.25, -0.2) is 18.4 Å². The third kappa shape index (κ3) is 7.32. The molecule has 5 aromatic rings. The Bertz CT molecular complexity index is 2290. The van der Waals surface area contributed by atoms with Crippen LogP contribution in [-0.4, -0.2) is 33.0 Å². The molecule has 0 saturated heterocycles. The first-order valence-electron chi connectivity index (χ1n) is 14.6. The third-order valence-electron chi connectivity index (χ3n) is 7.54. The van der Waals surface area contributed by atoms with Crippen molar-refractivity contribution in [2.45, 2.75) is 18.2 Å². The molecule has 8 nitrogen and oxygen atoms in total. The quantitative estimate of drug-likeness (QED) is 0.0317. The van der Waals surface area contributed by atoms with Crippen LogP contribution in [0.15, 0.2) is 80.8 Å². The first-order valence-corrected chi connectivity index (χ1v) is 16.0. The summed E-state index contributed by atoms with van der Waals surface area (Å²) in [6.45, 7) is 1.98. The number of aryl methyl sites for hydroxylation is 1. The molecule has 4 aromatic carbocycles. The van der Waals surface area contributed by atoms with Gasteiger partial charge in [-0.05, 0) is 59.0 Å². The smallest absolute Gasteiger partial charge is 0.343 e. The van der Waals surface area contributed by atoms with Crippen molar-refractivity contribution < 1.29 is 44.5 Å². The molecule has 0 aliphatic heterocycles. The Hall–Kier alpha value is -5.53. The molecule has 1 N–H and O–H groups in total. The van der Waals surface area contributed by atoms with Gasteiger partial charge in [0.05, 0.1) is 11.1 Å². The number of rotatable bonds is 9. The van der Waals surface area contributed by atoms with Gasteiger partial charge in [-0.3, -0.25) is 4.55 Å². The Morgan fingerprint density at radius 1 is 0.816 bits per heavy atom. The number of ether oxygens (including phenoxy) is 1. The number of anilines is 1. The van der Waals surface area contributed by atoms with E-state index in [0.29, 0.717) is 23.1 Å². The van der Waals surface area contributed by atoms with Gasteiger partial charge in [0.1, 0.15) is 5.58 Å². The fourth-order valence-electron chi connectivity index (χ4n) is 4.98. The van der Waals surface area contributed by atoms with E-state index in [0.717, 1.165) is 27.8 Å². The summed E-state index contributed by atoms with van der Waals surface area (Å²) in [6.07, 6.45) is 7.70. The standard InChI is InChI=1S/C36H27F4NO7S/c1-4-25-26-18-16-24(41(2)3)19-28(26)47-36(43)27(25)17-13-21-8-5-20(6-9-21)7-10-22-11-14-23(15-12-22)35(42)48-33-29(37)31(39)34(49(44,45)46)32(40)30(33)38/h5-19H,4H2,1-3H3,(H,44,45,46)/b10-7+,17-13+. The second-order valence-corrected chi connectivity index (χ2v) is 12.3. The molecule has 0 amide bonds. The number of carbonyl (C=O) groups is 1. The third-order valence-corrected chi connectivity index (χ3v) is 8.41. The first-order chi connectivity index (χ1) is 23.2. The van der Waals surface area contributed by atoms with Crippen molar-refractivity contribution in [3.63, 3.8) is 0 Å². The number of hydrogen-bond donors (Lipinski definition) is 1. The van der Waals surface area contributed by atoms with Gasteiger partial charge in [-0.15, -0.1) is 0 Å². The predicted molar refractivity (Wildman–Crippen MR) is 178 cm³/mol. The van der Waals surface area contributed by atoms with E-state index in [-0.39, 0.29) is 5.56 Å². The van der Waals surface area contributed by atoms with E-state index >= 15 is 0 Å². The number of halogens is 4. The summed E-state index contributed by atoms with van der Waals surface area (Å²) in [4.78, 5) is 25.0. The minimum absolute atomic E-state index is 0.239. The SMILES string of the molecule is CCc1c(/C=C/c2ccc(/C=C/c3ccc(C(=O)Oc4c(F)c(F)c(S(=O)(=O)O)c(F)c4F)cc3)cc2)c(=O)oc2cc(N(C)C)ccc12. The highest BCUT2D eigenvalue weighted by Gasteiger charge is 2.34. The number of nitrogens with zero attached hydrogens (tertiary/aromatic N) is 1. The van der Waals surface area contributed by atoms with Crippen molar-refractivity contribution >= 4 is 57.0 Å². The van der Waals surface area contributed by atoms with E-state index in [1.807, 2.05) is 74.5 Å². The normalized spacial score (nSPS) is 11.9. The van der Waals surface area contributed by atoms with Gasteiger partial charge < -0.3 is 14.1 Å². The molecule has 0 saturated carbocycles. The van der Waals surface area contributed by atoms with Crippen LogP contribution < -0.4 is 15.3 Å². The lowest BCUT2D eigenvalue weighted by molar-refractivity contribution is 0.0716. The molecular formula is C36H27F4NO7S. The number of benzene rings is 4. The summed E-state index contributed by atoms with van der Waals surface area (Å²) in [5, 5.41) is 0.874. The van der Waals surface area contributed by atoms with E-state index in [2.05, 4.69) is 4.74 Å². The Morgan fingerprint density at radius 2 is 1.33 bits per heavy atom. The molecule has 0 spiro atoms. The molecule has 0 aliphatic carbocycles. The van der Waals surface area contributed by atoms with Crippen molar-refractivity contribution in [3.05, 3.63) is 134 Å². The van der Waals surface area contributed by atoms with Crippen molar-refractivity contribution in [2.75, 3.05) is 19.0 Å². The van der Waals surface area contributed by atoms with Gasteiger partial charge in [-0.1, -0.05) is 61.5 Å². The monoisotopic (exact) mass is 693 g/mol. The molecule has 49 heavy (non-hydrogen) atoms. The molecule has 252 valence electrons. The summed E-state index contributed by atoms with van der Waals surface area (Å²) in [7, 11) is -1.84. The van der Waals surface area contributed by atoms with Crippen LogP contribution in [-0.2, 0) is 16.5 Å². The van der Waals surface area contributed by atoms with Gasteiger partial charge in [0.25, 0.3) is 0 Å². The Morgan fingerprint density at radius 3 is 1.82 bits per heavy atom. The van der Waals surface area contributed by atoms with Gasteiger partial charge >= 0.3 is 21.7 Å². The van der Waals surface area contributed by atoms with E-state index in [1.165, 1.54) is 24.3 Å². The molecule has 1 aromatic heterocycles. The summed E-state index contributed by atoms with van der Waals surface area (Å²) < 4.78 is 97.7. The second-order valence-electron chi connectivity index (χ2n) is 10.9. The second kappa shape index (κ2) is 13.9. The van der Waals surface area contributed by atoms with E-state index in [9.17, 15) is 35.6 Å². The molecule has 1 heterocycles. The van der Waals surface area contributed by atoms with Crippen LogP contribution in [0.4, 0.5) is 23.2 Å². The van der Waals surface area contributed by atoms with Crippen LogP contribution in [0, 0.1) is 23.3 Å². The van der Waals surface area contributed by atoms with E-state index in [1.54, 1.807) is 18.2 Å². The van der Waals surface area contributed by atoms with Crippen molar-refractivity contribution in [1.29, 1.82) is 0 Å². The number of carbonyl (C=O) groups excluding carboxylic acids is 1. The maximum Gasteiger partial charge on any atom is 0.343 e. The van der Waals surface area contributed by atoms with Gasteiger partial charge in [-0.2, -0.15) is 17.2 Å². The topological polar surface area (TPSA) is 114 Å². The molecule has 0 bridgehead atoms. The average Bonchev–Trinajstić information content (AvgIpc) is 3.07. The van der Waals surface area contributed by atoms with Crippen LogP contribution in [0.2, 0.25) is 0 Å². The Kier molecular flexibility index (Phi) is 9.88. The summed E-state index contributed by atoms with van der Waals surface area (Å²) in [5.74, 6) is -12.7. The van der Waals surface area contributed by atoms with Crippen molar-refractivity contribution in [3.8, 4) is 5.75 Å². The lowest BCUT2D eigenvalue weighted by Crippen LogP contribution is -2.15. The Labute approximate surface area is 277 Å². The number of esters is 1. The zero-order valence-electron chi connectivity index (χ0n) is 26.1. The molecule has 5 rings (SSSR count). The van der Waals surface area contributed by atoms with Crippen LogP contribution in [0.1, 0.15) is 45.1 Å². The molecule has 13 heteroatoms. The molecule has 0 aliphatic rings. The minimum atomic E-state index is -5.66. The molecule has 0 atom stereocenters. The van der Waals surface area contributed by atoms with E-state index in [4.69, 9.17) is 8.97 Å². The molecule has 0 unspecified atom stereocenters. The highest BCUT2D eigenvalue weighted by atomic mass is 32.2. The van der Waals surface area contributed by atoms with Gasteiger partial charge in [0.15, 0.2) is 16.5 Å². The molecular weight excluding hydrogens is 666 g/mol. The molecule has 0 radical (unpaired) electrons. The number of fused-ring (bicyclic) bond motifs is 1. The largest absolute Gasteiger partial charge is 0.422 e. The summed E-state index contributed by atoms with van der Waals surface area (Å²) >= 11 is 0. The molecule has 0 fully saturated rings. The average molecular weight is 694 g/mol. The minimum Gasteiger partial charge on any atom is -0.422 e. The van der Waals surface area contributed by atoms with Crippen LogP contribution in [0.3, 0.4) is 0 Å². The zero-order chi connectivity index (χ0) is 35.6.